The molecule has 1 N–H and O–H groups in total. The minimum atomic E-state index is 0.499. The molecule has 90 valence electrons. The summed E-state index contributed by atoms with van der Waals surface area (Å²) in [7, 11) is 0. The lowest BCUT2D eigenvalue weighted by atomic mass is 10.1. The standard InChI is InChI=1S/C14H23NS/c1-9(7-13-5-6-13)15-11(3)14-8-10(2)16-12(14)4/h8-9,11,13,15H,5-7H2,1-4H3. The summed E-state index contributed by atoms with van der Waals surface area (Å²) in [5.74, 6) is 1.01. The third kappa shape index (κ3) is 3.08. The second-order valence-corrected chi connectivity index (χ2v) is 6.80. The van der Waals surface area contributed by atoms with E-state index in [9.17, 15) is 0 Å². The molecule has 1 aliphatic rings. The van der Waals surface area contributed by atoms with Crippen molar-refractivity contribution in [1.82, 2.24) is 5.32 Å². The molecule has 0 saturated heterocycles. The lowest BCUT2D eigenvalue weighted by Crippen LogP contribution is -2.29. The summed E-state index contributed by atoms with van der Waals surface area (Å²) in [6.45, 7) is 9.04. The quantitative estimate of drug-likeness (QED) is 0.809. The van der Waals surface area contributed by atoms with Crippen molar-refractivity contribution in [2.75, 3.05) is 0 Å². The van der Waals surface area contributed by atoms with Gasteiger partial charge in [-0.1, -0.05) is 12.8 Å². The van der Waals surface area contributed by atoms with Gasteiger partial charge in [0.1, 0.15) is 0 Å². The third-order valence-electron chi connectivity index (χ3n) is 3.46. The highest BCUT2D eigenvalue weighted by molar-refractivity contribution is 7.12. The van der Waals surface area contributed by atoms with E-state index in [1.807, 2.05) is 11.3 Å². The summed E-state index contributed by atoms with van der Waals surface area (Å²) < 4.78 is 0. The molecule has 2 rings (SSSR count). The molecule has 1 heterocycles. The first-order valence-corrected chi connectivity index (χ1v) is 7.21. The molecule has 2 atom stereocenters. The van der Waals surface area contributed by atoms with Gasteiger partial charge in [-0.25, -0.2) is 0 Å². The molecule has 0 bridgehead atoms. The van der Waals surface area contributed by atoms with Crippen LogP contribution in [0.2, 0.25) is 0 Å². The highest BCUT2D eigenvalue weighted by atomic mass is 32.1. The maximum atomic E-state index is 3.73. The molecular weight excluding hydrogens is 214 g/mol. The third-order valence-corrected chi connectivity index (χ3v) is 4.45. The van der Waals surface area contributed by atoms with Gasteiger partial charge < -0.3 is 5.32 Å². The number of hydrogen-bond donors (Lipinski definition) is 1. The fourth-order valence-electron chi connectivity index (χ4n) is 2.52. The molecule has 1 aromatic rings. The van der Waals surface area contributed by atoms with Gasteiger partial charge in [-0.2, -0.15) is 0 Å². The Morgan fingerprint density at radius 3 is 2.56 bits per heavy atom. The van der Waals surface area contributed by atoms with Gasteiger partial charge in [0.05, 0.1) is 0 Å². The second-order valence-electron chi connectivity index (χ2n) is 5.34. The van der Waals surface area contributed by atoms with Crippen molar-refractivity contribution in [2.24, 2.45) is 5.92 Å². The lowest BCUT2D eigenvalue weighted by Gasteiger charge is -2.20. The van der Waals surface area contributed by atoms with Crippen molar-refractivity contribution in [1.29, 1.82) is 0 Å². The average Bonchev–Trinajstić information content (AvgIpc) is 2.90. The van der Waals surface area contributed by atoms with Crippen LogP contribution in [0, 0.1) is 19.8 Å². The van der Waals surface area contributed by atoms with Crippen molar-refractivity contribution in [3.63, 3.8) is 0 Å². The summed E-state index contributed by atoms with van der Waals surface area (Å²) in [6, 6.07) is 3.49. The monoisotopic (exact) mass is 237 g/mol. The Kier molecular flexibility index (Phi) is 3.70. The van der Waals surface area contributed by atoms with Crippen LogP contribution in [0.15, 0.2) is 6.07 Å². The van der Waals surface area contributed by atoms with Crippen LogP contribution in [0.5, 0.6) is 0 Å². The molecule has 16 heavy (non-hydrogen) atoms. The molecule has 1 aliphatic carbocycles. The van der Waals surface area contributed by atoms with E-state index in [1.54, 1.807) is 0 Å². The zero-order chi connectivity index (χ0) is 11.7. The van der Waals surface area contributed by atoms with Crippen molar-refractivity contribution in [3.05, 3.63) is 21.4 Å². The lowest BCUT2D eigenvalue weighted by molar-refractivity contribution is 0.438. The molecule has 0 spiro atoms. The van der Waals surface area contributed by atoms with E-state index in [0.29, 0.717) is 12.1 Å². The molecule has 2 unspecified atom stereocenters. The first-order chi connectivity index (χ1) is 7.56. The van der Waals surface area contributed by atoms with E-state index in [0.717, 1.165) is 5.92 Å². The number of aryl methyl sites for hydroxylation is 2. The first-order valence-electron chi connectivity index (χ1n) is 6.39. The summed E-state index contributed by atoms with van der Waals surface area (Å²) in [4.78, 5) is 2.90. The molecule has 0 aliphatic heterocycles. The van der Waals surface area contributed by atoms with Crippen LogP contribution in [-0.4, -0.2) is 6.04 Å². The fourth-order valence-corrected chi connectivity index (χ4v) is 3.54. The van der Waals surface area contributed by atoms with Crippen molar-refractivity contribution in [2.45, 2.75) is 59.0 Å². The van der Waals surface area contributed by atoms with Gasteiger partial charge in [0.25, 0.3) is 0 Å². The smallest absolute Gasteiger partial charge is 0.0305 e. The van der Waals surface area contributed by atoms with Crippen LogP contribution in [0.1, 0.15) is 54.5 Å². The van der Waals surface area contributed by atoms with Gasteiger partial charge in [0, 0.05) is 21.8 Å². The first kappa shape index (κ1) is 12.1. The Morgan fingerprint density at radius 1 is 1.38 bits per heavy atom. The maximum Gasteiger partial charge on any atom is 0.0305 e. The van der Waals surface area contributed by atoms with Crippen molar-refractivity contribution < 1.29 is 0 Å². The van der Waals surface area contributed by atoms with Crippen LogP contribution in [0.4, 0.5) is 0 Å². The predicted molar refractivity (Wildman–Crippen MR) is 72.1 cm³/mol. The van der Waals surface area contributed by atoms with Crippen LogP contribution >= 0.6 is 11.3 Å². The van der Waals surface area contributed by atoms with E-state index in [2.05, 4.69) is 39.1 Å². The zero-order valence-electron chi connectivity index (χ0n) is 10.8. The summed E-state index contributed by atoms with van der Waals surface area (Å²) in [5, 5.41) is 3.73. The number of thiophene rings is 1. The molecule has 0 aromatic carbocycles. The molecule has 1 saturated carbocycles. The summed E-state index contributed by atoms with van der Waals surface area (Å²) in [6.07, 6.45) is 4.26. The highest BCUT2D eigenvalue weighted by Crippen LogP contribution is 2.34. The van der Waals surface area contributed by atoms with E-state index < -0.39 is 0 Å². The van der Waals surface area contributed by atoms with Gasteiger partial charge in [-0.3, -0.25) is 0 Å². The van der Waals surface area contributed by atoms with E-state index >= 15 is 0 Å². The average molecular weight is 237 g/mol. The molecule has 1 nitrogen and oxygen atoms in total. The van der Waals surface area contributed by atoms with Gasteiger partial charge in [0.2, 0.25) is 0 Å². The van der Waals surface area contributed by atoms with Crippen LogP contribution in [-0.2, 0) is 0 Å². The number of rotatable bonds is 5. The molecule has 1 fully saturated rings. The van der Waals surface area contributed by atoms with Crippen molar-refractivity contribution >= 4 is 11.3 Å². The fraction of sp³-hybridized carbons (Fsp3) is 0.714. The van der Waals surface area contributed by atoms with Gasteiger partial charge >= 0.3 is 0 Å². The number of nitrogens with one attached hydrogen (secondary N) is 1. The van der Waals surface area contributed by atoms with E-state index in [4.69, 9.17) is 0 Å². The second kappa shape index (κ2) is 4.89. The zero-order valence-corrected chi connectivity index (χ0v) is 11.7. The Balaban J connectivity index is 1.90. The van der Waals surface area contributed by atoms with Gasteiger partial charge in [-0.15, -0.1) is 11.3 Å². The van der Waals surface area contributed by atoms with E-state index in [-0.39, 0.29) is 0 Å². The topological polar surface area (TPSA) is 12.0 Å². The Labute approximate surface area is 103 Å². The molecule has 0 amide bonds. The summed E-state index contributed by atoms with van der Waals surface area (Å²) >= 11 is 1.91. The molecule has 0 radical (unpaired) electrons. The van der Waals surface area contributed by atoms with Crippen LogP contribution in [0.25, 0.3) is 0 Å². The molecular formula is C14H23NS. The highest BCUT2D eigenvalue weighted by Gasteiger charge is 2.24. The number of hydrogen-bond acceptors (Lipinski definition) is 2. The summed E-state index contributed by atoms with van der Waals surface area (Å²) in [5.41, 5.74) is 1.49. The van der Waals surface area contributed by atoms with Crippen molar-refractivity contribution in [3.8, 4) is 0 Å². The Bertz CT molecular complexity index is 352. The van der Waals surface area contributed by atoms with Gasteiger partial charge in [-0.05, 0) is 51.7 Å². The Hall–Kier alpha value is -0.340. The van der Waals surface area contributed by atoms with Crippen LogP contribution in [0.3, 0.4) is 0 Å². The SMILES string of the molecule is Cc1cc(C(C)NC(C)CC2CC2)c(C)s1. The minimum Gasteiger partial charge on any atom is -0.308 e. The van der Waals surface area contributed by atoms with E-state index in [1.165, 1.54) is 34.6 Å². The van der Waals surface area contributed by atoms with Crippen LogP contribution < -0.4 is 5.32 Å². The normalized spacial score (nSPS) is 19.8. The molecule has 1 aromatic heterocycles. The predicted octanol–water partition coefficient (Wildman–Crippen LogP) is 4.20. The largest absolute Gasteiger partial charge is 0.308 e. The molecule has 2 heteroatoms. The minimum absolute atomic E-state index is 0.499. The Morgan fingerprint density at radius 2 is 2.06 bits per heavy atom. The maximum absolute atomic E-state index is 3.73. The van der Waals surface area contributed by atoms with Gasteiger partial charge in [0.15, 0.2) is 0 Å².